The summed E-state index contributed by atoms with van der Waals surface area (Å²) in [5.74, 6) is -0.437. The van der Waals surface area contributed by atoms with E-state index in [4.69, 9.17) is 18.8 Å². The molecule has 8 nitrogen and oxygen atoms in total. The lowest BCUT2D eigenvalue weighted by Crippen LogP contribution is -2.41. The Labute approximate surface area is 173 Å². The van der Waals surface area contributed by atoms with Gasteiger partial charge in [0.15, 0.2) is 0 Å². The zero-order valence-electron chi connectivity index (χ0n) is 18.8. The second kappa shape index (κ2) is 7.95. The van der Waals surface area contributed by atoms with Gasteiger partial charge in [-0.15, -0.1) is 0 Å². The molecule has 0 unspecified atom stereocenters. The van der Waals surface area contributed by atoms with Crippen molar-refractivity contribution in [3.63, 3.8) is 0 Å². The molecule has 1 aromatic heterocycles. The molecule has 160 valence electrons. The lowest BCUT2D eigenvalue weighted by Gasteiger charge is -2.32. The summed E-state index contributed by atoms with van der Waals surface area (Å²) < 4.78 is 22.7. The van der Waals surface area contributed by atoms with Gasteiger partial charge in [0.1, 0.15) is 17.9 Å². The minimum atomic E-state index is -0.655. The SMILES string of the molecule is CC(=O)OCc1ncc(B2OC(C)(C)C(C)(C)O2)cc1N(C)C(=O)OC(C)(C)C. The van der Waals surface area contributed by atoms with Crippen LogP contribution in [0.5, 0.6) is 0 Å². The molecule has 0 aromatic carbocycles. The highest BCUT2D eigenvalue weighted by atomic mass is 16.7. The molecule has 0 saturated carbocycles. The monoisotopic (exact) mass is 406 g/mol. The van der Waals surface area contributed by atoms with Gasteiger partial charge >= 0.3 is 19.2 Å². The molecule has 9 heteroatoms. The smallest absolute Gasteiger partial charge is 0.459 e. The number of rotatable bonds is 4. The summed E-state index contributed by atoms with van der Waals surface area (Å²) in [4.78, 5) is 29.6. The van der Waals surface area contributed by atoms with E-state index in [2.05, 4.69) is 4.98 Å². The molecule has 1 aliphatic heterocycles. The molecular weight excluding hydrogens is 375 g/mol. The number of aromatic nitrogens is 1. The molecule has 1 saturated heterocycles. The van der Waals surface area contributed by atoms with E-state index in [1.165, 1.54) is 11.8 Å². The minimum absolute atomic E-state index is 0.0680. The van der Waals surface area contributed by atoms with Gasteiger partial charge in [-0.25, -0.2) is 4.79 Å². The third-order valence-electron chi connectivity index (χ3n) is 4.93. The van der Waals surface area contributed by atoms with Crippen molar-refractivity contribution in [3.05, 3.63) is 18.0 Å². The van der Waals surface area contributed by atoms with Crippen molar-refractivity contribution < 1.29 is 28.4 Å². The first-order valence-corrected chi connectivity index (χ1v) is 9.57. The van der Waals surface area contributed by atoms with E-state index in [0.29, 0.717) is 16.8 Å². The normalized spacial score (nSPS) is 17.8. The number of anilines is 1. The van der Waals surface area contributed by atoms with Crippen LogP contribution >= 0.6 is 0 Å². The van der Waals surface area contributed by atoms with Crippen LogP contribution in [0.1, 0.15) is 61.1 Å². The summed E-state index contributed by atoms with van der Waals surface area (Å²) in [6.45, 7) is 14.5. The Morgan fingerprint density at radius 2 is 1.72 bits per heavy atom. The number of nitrogens with zero attached hydrogens (tertiary/aromatic N) is 2. The molecule has 0 N–H and O–H groups in total. The van der Waals surface area contributed by atoms with Gasteiger partial charge in [0, 0.05) is 25.6 Å². The highest BCUT2D eigenvalue weighted by Gasteiger charge is 2.52. The highest BCUT2D eigenvalue weighted by Crippen LogP contribution is 2.36. The van der Waals surface area contributed by atoms with Crippen LogP contribution in [0.25, 0.3) is 0 Å². The molecule has 1 amide bonds. The van der Waals surface area contributed by atoms with Crippen molar-refractivity contribution >= 4 is 30.3 Å². The fraction of sp³-hybridized carbons (Fsp3) is 0.650. The zero-order chi connectivity index (χ0) is 22.2. The van der Waals surface area contributed by atoms with Crippen LogP contribution in [-0.4, -0.2) is 48.0 Å². The predicted octanol–water partition coefficient (Wildman–Crippen LogP) is 2.82. The number of esters is 1. The first kappa shape index (κ1) is 23.2. The summed E-state index contributed by atoms with van der Waals surface area (Å²) >= 11 is 0. The van der Waals surface area contributed by atoms with Crippen molar-refractivity contribution in [2.75, 3.05) is 11.9 Å². The number of hydrogen-bond acceptors (Lipinski definition) is 7. The van der Waals surface area contributed by atoms with Crippen molar-refractivity contribution in [1.82, 2.24) is 4.98 Å². The lowest BCUT2D eigenvalue weighted by atomic mass is 9.80. The summed E-state index contributed by atoms with van der Waals surface area (Å²) in [5.41, 5.74) is -0.142. The largest absolute Gasteiger partial charge is 0.496 e. The maximum absolute atomic E-state index is 12.6. The standard InChI is InChI=1S/C20H31BN2O6/c1-13(24)26-12-15-16(23(9)17(25)27-18(2,3)4)10-14(11-22-15)21-28-19(5,6)20(7,8)29-21/h10-11H,12H2,1-9H3. The Bertz CT molecular complexity index is 772. The fourth-order valence-corrected chi connectivity index (χ4v) is 2.61. The number of carbonyl (C=O) groups is 2. The van der Waals surface area contributed by atoms with Gasteiger partial charge in [0.2, 0.25) is 0 Å². The molecule has 1 fully saturated rings. The Balaban J connectivity index is 2.39. The Hall–Kier alpha value is -2.13. The van der Waals surface area contributed by atoms with Gasteiger partial charge in [-0.05, 0) is 54.5 Å². The third kappa shape index (κ3) is 5.48. The van der Waals surface area contributed by atoms with Crippen molar-refractivity contribution in [1.29, 1.82) is 0 Å². The summed E-state index contributed by atoms with van der Waals surface area (Å²) in [7, 11) is 0.942. The van der Waals surface area contributed by atoms with Gasteiger partial charge in [-0.2, -0.15) is 0 Å². The topological polar surface area (TPSA) is 87.2 Å². The summed E-state index contributed by atoms with van der Waals surface area (Å²) in [6, 6.07) is 1.75. The van der Waals surface area contributed by atoms with Crippen LogP contribution in [0, 0.1) is 0 Å². The second-order valence-corrected chi connectivity index (χ2v) is 9.14. The highest BCUT2D eigenvalue weighted by molar-refractivity contribution is 6.62. The zero-order valence-corrected chi connectivity index (χ0v) is 18.8. The van der Waals surface area contributed by atoms with Gasteiger partial charge in [-0.1, -0.05) is 0 Å². The average molecular weight is 406 g/mol. The van der Waals surface area contributed by atoms with Crippen molar-refractivity contribution in [2.24, 2.45) is 0 Å². The molecule has 0 aliphatic carbocycles. The summed E-state index contributed by atoms with van der Waals surface area (Å²) in [6.07, 6.45) is 1.06. The van der Waals surface area contributed by atoms with Crippen molar-refractivity contribution in [2.45, 2.75) is 78.8 Å². The number of hydrogen-bond donors (Lipinski definition) is 0. The molecular formula is C20H31BN2O6. The molecule has 2 rings (SSSR count). The number of ether oxygens (including phenoxy) is 2. The van der Waals surface area contributed by atoms with E-state index < -0.39 is 36.0 Å². The van der Waals surface area contributed by atoms with E-state index in [9.17, 15) is 9.59 Å². The average Bonchev–Trinajstić information content (AvgIpc) is 2.78. The Kier molecular flexibility index (Phi) is 6.35. The molecule has 0 spiro atoms. The van der Waals surface area contributed by atoms with Gasteiger partial charge in [-0.3, -0.25) is 14.7 Å². The number of amides is 1. The van der Waals surface area contributed by atoms with E-state index in [1.807, 2.05) is 27.7 Å². The number of pyridine rings is 1. The minimum Gasteiger partial charge on any atom is -0.459 e. The summed E-state index contributed by atoms with van der Waals surface area (Å²) in [5, 5.41) is 0. The first-order valence-electron chi connectivity index (χ1n) is 9.57. The van der Waals surface area contributed by atoms with Crippen LogP contribution in [0.15, 0.2) is 12.3 Å². The van der Waals surface area contributed by atoms with Gasteiger partial charge in [0.25, 0.3) is 0 Å². The third-order valence-corrected chi connectivity index (χ3v) is 4.93. The quantitative estimate of drug-likeness (QED) is 0.561. The number of carbonyl (C=O) groups excluding carboxylic acids is 2. The maximum Gasteiger partial charge on any atom is 0.496 e. The van der Waals surface area contributed by atoms with Crippen molar-refractivity contribution in [3.8, 4) is 0 Å². The van der Waals surface area contributed by atoms with E-state index in [0.717, 1.165) is 0 Å². The van der Waals surface area contributed by atoms with E-state index >= 15 is 0 Å². The Morgan fingerprint density at radius 3 is 2.21 bits per heavy atom. The predicted molar refractivity (Wildman–Crippen MR) is 110 cm³/mol. The van der Waals surface area contributed by atoms with E-state index in [-0.39, 0.29) is 6.61 Å². The maximum atomic E-state index is 12.6. The van der Waals surface area contributed by atoms with Crippen LogP contribution < -0.4 is 10.4 Å². The first-order chi connectivity index (χ1) is 13.1. The van der Waals surface area contributed by atoms with Crippen LogP contribution in [0.4, 0.5) is 10.5 Å². The Morgan fingerprint density at radius 1 is 1.17 bits per heavy atom. The second-order valence-electron chi connectivity index (χ2n) is 9.14. The molecule has 0 atom stereocenters. The molecule has 0 radical (unpaired) electrons. The lowest BCUT2D eigenvalue weighted by molar-refractivity contribution is -0.142. The van der Waals surface area contributed by atoms with Crippen LogP contribution in [0.2, 0.25) is 0 Å². The van der Waals surface area contributed by atoms with E-state index in [1.54, 1.807) is 40.1 Å². The molecule has 0 bridgehead atoms. The van der Waals surface area contributed by atoms with Crippen LogP contribution in [0.3, 0.4) is 0 Å². The van der Waals surface area contributed by atoms with Gasteiger partial charge < -0.3 is 18.8 Å². The fourth-order valence-electron chi connectivity index (χ4n) is 2.61. The molecule has 29 heavy (non-hydrogen) atoms. The van der Waals surface area contributed by atoms with Gasteiger partial charge in [0.05, 0.1) is 16.9 Å². The van der Waals surface area contributed by atoms with Crippen LogP contribution in [-0.2, 0) is 30.2 Å². The molecule has 2 heterocycles. The molecule has 1 aromatic rings. The molecule has 1 aliphatic rings.